The molecule has 2 aliphatic rings. The van der Waals surface area contributed by atoms with E-state index in [-0.39, 0.29) is 12.2 Å². The summed E-state index contributed by atoms with van der Waals surface area (Å²) >= 11 is 0. The number of nitrogens with zero attached hydrogens (tertiary/aromatic N) is 2. The maximum atomic E-state index is 9.38. The Morgan fingerprint density at radius 2 is 2.00 bits per heavy atom. The van der Waals surface area contributed by atoms with Gasteiger partial charge >= 0.3 is 0 Å². The third kappa shape index (κ3) is 4.70. The standard InChI is InChI=1S/C19H30N2O3/c1-19(2)14-17-13-16(3-4-18(17)24-19)15-21(7-10-22)6-5-20-8-11-23-12-9-20/h3-4,13,22H,5-12,14-15H2,1-2H3. The Morgan fingerprint density at radius 3 is 2.75 bits per heavy atom. The molecule has 0 aliphatic carbocycles. The van der Waals surface area contributed by atoms with E-state index in [1.54, 1.807) is 0 Å². The maximum absolute atomic E-state index is 9.38. The number of rotatable bonds is 7. The molecule has 134 valence electrons. The smallest absolute Gasteiger partial charge is 0.123 e. The second kappa shape index (κ2) is 7.83. The highest BCUT2D eigenvalue weighted by Crippen LogP contribution is 2.35. The normalized spacial score (nSPS) is 20.2. The van der Waals surface area contributed by atoms with Crippen LogP contribution in [-0.2, 0) is 17.7 Å². The van der Waals surface area contributed by atoms with Gasteiger partial charge in [-0.25, -0.2) is 0 Å². The number of morpholine rings is 1. The lowest BCUT2D eigenvalue weighted by Gasteiger charge is -2.30. The molecule has 3 rings (SSSR count). The molecule has 0 unspecified atom stereocenters. The highest BCUT2D eigenvalue weighted by atomic mass is 16.5. The van der Waals surface area contributed by atoms with Crippen LogP contribution in [0.3, 0.4) is 0 Å². The zero-order valence-corrected chi connectivity index (χ0v) is 15.0. The van der Waals surface area contributed by atoms with Gasteiger partial charge in [0.05, 0.1) is 19.8 Å². The molecule has 0 spiro atoms. The topological polar surface area (TPSA) is 45.2 Å². The van der Waals surface area contributed by atoms with Crippen molar-refractivity contribution < 1.29 is 14.6 Å². The van der Waals surface area contributed by atoms with E-state index in [1.165, 1.54) is 11.1 Å². The van der Waals surface area contributed by atoms with E-state index in [0.29, 0.717) is 6.54 Å². The van der Waals surface area contributed by atoms with Crippen LogP contribution in [0.2, 0.25) is 0 Å². The molecule has 1 aromatic rings. The van der Waals surface area contributed by atoms with E-state index in [9.17, 15) is 5.11 Å². The lowest BCUT2D eigenvalue weighted by atomic mass is 10.00. The SMILES string of the molecule is CC1(C)Cc2cc(CN(CCO)CCN3CCOCC3)ccc2O1. The summed E-state index contributed by atoms with van der Waals surface area (Å²) in [6.07, 6.45) is 0.962. The summed E-state index contributed by atoms with van der Waals surface area (Å²) in [4.78, 5) is 4.77. The van der Waals surface area contributed by atoms with Crippen molar-refractivity contribution in [3.05, 3.63) is 29.3 Å². The fourth-order valence-corrected chi connectivity index (χ4v) is 3.54. The summed E-state index contributed by atoms with van der Waals surface area (Å²) in [7, 11) is 0. The van der Waals surface area contributed by atoms with Gasteiger partial charge < -0.3 is 14.6 Å². The molecule has 2 aliphatic heterocycles. The molecule has 1 aromatic carbocycles. The van der Waals surface area contributed by atoms with Gasteiger partial charge in [-0.2, -0.15) is 0 Å². The van der Waals surface area contributed by atoms with Crippen molar-refractivity contribution in [2.75, 3.05) is 52.5 Å². The van der Waals surface area contributed by atoms with Gasteiger partial charge in [-0.3, -0.25) is 9.80 Å². The van der Waals surface area contributed by atoms with Gasteiger partial charge in [-0.1, -0.05) is 12.1 Å². The first-order valence-electron chi connectivity index (χ1n) is 9.00. The number of fused-ring (bicyclic) bond motifs is 1. The summed E-state index contributed by atoms with van der Waals surface area (Å²) in [5, 5.41) is 9.38. The van der Waals surface area contributed by atoms with Crippen LogP contribution in [0.4, 0.5) is 0 Å². The molecule has 5 nitrogen and oxygen atoms in total. The van der Waals surface area contributed by atoms with Crippen LogP contribution in [-0.4, -0.2) is 73.1 Å². The monoisotopic (exact) mass is 334 g/mol. The third-order valence-electron chi connectivity index (χ3n) is 4.79. The second-order valence-electron chi connectivity index (χ2n) is 7.43. The number of aliphatic hydroxyl groups excluding tert-OH is 1. The molecule has 0 amide bonds. The molecule has 0 aromatic heterocycles. The van der Waals surface area contributed by atoms with E-state index in [2.05, 4.69) is 41.8 Å². The Kier molecular flexibility index (Phi) is 5.76. The molecule has 5 heteroatoms. The largest absolute Gasteiger partial charge is 0.487 e. The molecule has 0 saturated carbocycles. The van der Waals surface area contributed by atoms with Crippen LogP contribution < -0.4 is 4.74 Å². The van der Waals surface area contributed by atoms with Gasteiger partial charge in [-0.15, -0.1) is 0 Å². The predicted molar refractivity (Wildman–Crippen MR) is 94.5 cm³/mol. The van der Waals surface area contributed by atoms with Gasteiger partial charge in [0, 0.05) is 45.7 Å². The summed E-state index contributed by atoms with van der Waals surface area (Å²) in [5.41, 5.74) is 2.50. The molecule has 0 bridgehead atoms. The van der Waals surface area contributed by atoms with E-state index in [1.807, 2.05) is 0 Å². The first-order valence-corrected chi connectivity index (χ1v) is 9.00. The Labute approximate surface area is 145 Å². The molecule has 24 heavy (non-hydrogen) atoms. The summed E-state index contributed by atoms with van der Waals surface area (Å²) < 4.78 is 11.4. The third-order valence-corrected chi connectivity index (χ3v) is 4.79. The minimum absolute atomic E-state index is 0.0952. The first-order chi connectivity index (χ1) is 11.6. The lowest BCUT2D eigenvalue weighted by Crippen LogP contribution is -2.41. The Balaban J connectivity index is 1.57. The van der Waals surface area contributed by atoms with Crippen LogP contribution >= 0.6 is 0 Å². The van der Waals surface area contributed by atoms with E-state index in [4.69, 9.17) is 9.47 Å². The van der Waals surface area contributed by atoms with Crippen molar-refractivity contribution >= 4 is 0 Å². The van der Waals surface area contributed by atoms with Gasteiger partial charge in [0.15, 0.2) is 0 Å². The van der Waals surface area contributed by atoms with Crippen molar-refractivity contribution in [2.24, 2.45) is 0 Å². The van der Waals surface area contributed by atoms with Crippen LogP contribution in [0, 0.1) is 0 Å². The molecular formula is C19H30N2O3. The minimum Gasteiger partial charge on any atom is -0.487 e. The quantitative estimate of drug-likeness (QED) is 0.819. The average molecular weight is 334 g/mol. The minimum atomic E-state index is -0.0952. The number of benzene rings is 1. The molecule has 1 fully saturated rings. The highest BCUT2D eigenvalue weighted by molar-refractivity contribution is 5.41. The maximum Gasteiger partial charge on any atom is 0.123 e. The van der Waals surface area contributed by atoms with Crippen LogP contribution in [0.1, 0.15) is 25.0 Å². The van der Waals surface area contributed by atoms with Gasteiger partial charge in [0.2, 0.25) is 0 Å². The van der Waals surface area contributed by atoms with Crippen molar-refractivity contribution in [1.29, 1.82) is 0 Å². The molecular weight excluding hydrogens is 304 g/mol. The first kappa shape index (κ1) is 17.7. The lowest BCUT2D eigenvalue weighted by molar-refractivity contribution is 0.0320. The number of ether oxygens (including phenoxy) is 2. The Bertz CT molecular complexity index is 541. The molecule has 0 atom stereocenters. The van der Waals surface area contributed by atoms with Crippen LogP contribution in [0.25, 0.3) is 0 Å². The van der Waals surface area contributed by atoms with E-state index < -0.39 is 0 Å². The second-order valence-corrected chi connectivity index (χ2v) is 7.43. The van der Waals surface area contributed by atoms with E-state index >= 15 is 0 Å². The summed E-state index contributed by atoms with van der Waals surface area (Å²) in [6, 6.07) is 6.51. The number of hydrogen-bond acceptors (Lipinski definition) is 5. The summed E-state index contributed by atoms with van der Waals surface area (Å²) in [5.74, 6) is 1.02. The van der Waals surface area contributed by atoms with Gasteiger partial charge in [-0.05, 0) is 31.0 Å². The van der Waals surface area contributed by atoms with Gasteiger partial charge in [0.1, 0.15) is 11.4 Å². The molecule has 1 saturated heterocycles. The van der Waals surface area contributed by atoms with Crippen molar-refractivity contribution in [2.45, 2.75) is 32.4 Å². The van der Waals surface area contributed by atoms with Crippen LogP contribution in [0.15, 0.2) is 18.2 Å². The molecule has 1 N–H and O–H groups in total. The van der Waals surface area contributed by atoms with Crippen molar-refractivity contribution in [1.82, 2.24) is 9.80 Å². The molecule has 0 radical (unpaired) electrons. The highest BCUT2D eigenvalue weighted by Gasteiger charge is 2.29. The fraction of sp³-hybridized carbons (Fsp3) is 0.684. The summed E-state index contributed by atoms with van der Waals surface area (Å²) in [6.45, 7) is 11.7. The van der Waals surface area contributed by atoms with E-state index in [0.717, 1.165) is 58.1 Å². The molecule has 2 heterocycles. The van der Waals surface area contributed by atoms with Crippen LogP contribution in [0.5, 0.6) is 5.75 Å². The number of hydrogen-bond donors (Lipinski definition) is 1. The zero-order chi connectivity index (χ0) is 17.0. The number of aliphatic hydroxyl groups is 1. The Hall–Kier alpha value is -1.14. The van der Waals surface area contributed by atoms with Crippen molar-refractivity contribution in [3.63, 3.8) is 0 Å². The fourth-order valence-electron chi connectivity index (χ4n) is 3.54. The van der Waals surface area contributed by atoms with Crippen molar-refractivity contribution in [3.8, 4) is 5.75 Å². The zero-order valence-electron chi connectivity index (χ0n) is 15.0. The predicted octanol–water partition coefficient (Wildman–Crippen LogP) is 1.53. The van der Waals surface area contributed by atoms with Gasteiger partial charge in [0.25, 0.3) is 0 Å². The average Bonchev–Trinajstić information content (AvgIpc) is 2.87. The Morgan fingerprint density at radius 1 is 1.21 bits per heavy atom.